The summed E-state index contributed by atoms with van der Waals surface area (Å²) in [5.41, 5.74) is 4.97. The second kappa shape index (κ2) is 8.11. The highest BCUT2D eigenvalue weighted by atomic mass is 32.1. The van der Waals surface area contributed by atoms with E-state index in [1.54, 1.807) is 11.3 Å². The standard InChI is InChI=1S/C15H21N3OS/c1-2-8-19-10-13(18-16)9-15-17-14(11-20-15)12-6-4-3-5-7-12/h3-7,11,13,18H,2,8-10,16H2,1H3. The van der Waals surface area contributed by atoms with Crippen LogP contribution in [0.25, 0.3) is 11.3 Å². The molecule has 1 aromatic carbocycles. The summed E-state index contributed by atoms with van der Waals surface area (Å²) in [5, 5.41) is 3.16. The van der Waals surface area contributed by atoms with Crippen molar-refractivity contribution in [2.75, 3.05) is 13.2 Å². The number of hydrazine groups is 1. The number of ether oxygens (including phenoxy) is 1. The first-order valence-electron chi connectivity index (χ1n) is 6.87. The summed E-state index contributed by atoms with van der Waals surface area (Å²) in [6.07, 6.45) is 1.81. The van der Waals surface area contributed by atoms with Gasteiger partial charge in [0, 0.05) is 24.0 Å². The first-order chi connectivity index (χ1) is 9.83. The van der Waals surface area contributed by atoms with Gasteiger partial charge in [-0.3, -0.25) is 11.3 Å². The second-order valence-corrected chi connectivity index (χ2v) is 5.58. The van der Waals surface area contributed by atoms with Gasteiger partial charge in [-0.15, -0.1) is 11.3 Å². The molecule has 0 saturated carbocycles. The van der Waals surface area contributed by atoms with E-state index >= 15 is 0 Å². The van der Waals surface area contributed by atoms with E-state index in [9.17, 15) is 0 Å². The van der Waals surface area contributed by atoms with E-state index in [1.807, 2.05) is 18.2 Å². The molecular formula is C15H21N3OS. The molecule has 0 aliphatic rings. The number of benzene rings is 1. The Hall–Kier alpha value is -1.27. The zero-order chi connectivity index (χ0) is 14.2. The van der Waals surface area contributed by atoms with Crippen molar-refractivity contribution >= 4 is 11.3 Å². The summed E-state index contributed by atoms with van der Waals surface area (Å²) >= 11 is 1.67. The monoisotopic (exact) mass is 291 g/mol. The number of nitrogens with zero attached hydrogens (tertiary/aromatic N) is 1. The van der Waals surface area contributed by atoms with Crippen molar-refractivity contribution in [3.63, 3.8) is 0 Å². The van der Waals surface area contributed by atoms with Gasteiger partial charge >= 0.3 is 0 Å². The molecule has 1 unspecified atom stereocenters. The molecule has 20 heavy (non-hydrogen) atoms. The molecule has 3 N–H and O–H groups in total. The molecule has 5 heteroatoms. The highest BCUT2D eigenvalue weighted by molar-refractivity contribution is 7.09. The van der Waals surface area contributed by atoms with Gasteiger partial charge in [-0.2, -0.15) is 0 Å². The fourth-order valence-corrected chi connectivity index (χ4v) is 2.78. The first kappa shape index (κ1) is 15.1. The molecule has 0 aliphatic heterocycles. The van der Waals surface area contributed by atoms with E-state index in [1.165, 1.54) is 0 Å². The van der Waals surface area contributed by atoms with Crippen LogP contribution in [-0.4, -0.2) is 24.2 Å². The van der Waals surface area contributed by atoms with Gasteiger partial charge in [0.25, 0.3) is 0 Å². The van der Waals surface area contributed by atoms with E-state index in [0.29, 0.717) is 6.61 Å². The Bertz CT molecular complexity index is 501. The van der Waals surface area contributed by atoms with Gasteiger partial charge in [-0.05, 0) is 6.42 Å². The fourth-order valence-electron chi connectivity index (χ4n) is 1.89. The number of hydrogen-bond donors (Lipinski definition) is 2. The average Bonchev–Trinajstić information content (AvgIpc) is 2.96. The van der Waals surface area contributed by atoms with Crippen molar-refractivity contribution in [2.24, 2.45) is 5.84 Å². The Morgan fingerprint density at radius 3 is 2.85 bits per heavy atom. The maximum Gasteiger partial charge on any atom is 0.0949 e. The van der Waals surface area contributed by atoms with Crippen LogP contribution in [0.1, 0.15) is 18.4 Å². The summed E-state index contributed by atoms with van der Waals surface area (Å²) in [4.78, 5) is 4.66. The maximum atomic E-state index is 5.57. The summed E-state index contributed by atoms with van der Waals surface area (Å²) in [7, 11) is 0. The Kier molecular flexibility index (Phi) is 6.14. The van der Waals surface area contributed by atoms with Crippen molar-refractivity contribution in [2.45, 2.75) is 25.8 Å². The number of hydrogen-bond acceptors (Lipinski definition) is 5. The highest BCUT2D eigenvalue weighted by Gasteiger charge is 2.11. The second-order valence-electron chi connectivity index (χ2n) is 4.64. The van der Waals surface area contributed by atoms with E-state index in [0.717, 1.165) is 35.7 Å². The third-order valence-electron chi connectivity index (χ3n) is 2.95. The number of aromatic nitrogens is 1. The summed E-state index contributed by atoms with van der Waals surface area (Å²) < 4.78 is 5.53. The molecule has 4 nitrogen and oxygen atoms in total. The summed E-state index contributed by atoms with van der Waals surface area (Å²) in [5.74, 6) is 5.57. The smallest absolute Gasteiger partial charge is 0.0949 e. The van der Waals surface area contributed by atoms with Crippen LogP contribution < -0.4 is 11.3 Å². The van der Waals surface area contributed by atoms with Crippen molar-refractivity contribution < 1.29 is 4.74 Å². The van der Waals surface area contributed by atoms with Crippen molar-refractivity contribution in [1.82, 2.24) is 10.4 Å². The van der Waals surface area contributed by atoms with Crippen LogP contribution in [0.2, 0.25) is 0 Å². The van der Waals surface area contributed by atoms with Crippen LogP contribution in [0.4, 0.5) is 0 Å². The van der Waals surface area contributed by atoms with Crippen LogP contribution in [0.15, 0.2) is 35.7 Å². The summed E-state index contributed by atoms with van der Waals surface area (Å²) in [6, 6.07) is 10.3. The average molecular weight is 291 g/mol. The third-order valence-corrected chi connectivity index (χ3v) is 3.82. The van der Waals surface area contributed by atoms with E-state index in [4.69, 9.17) is 10.6 Å². The Morgan fingerprint density at radius 1 is 1.35 bits per heavy atom. The van der Waals surface area contributed by atoms with Gasteiger partial charge in [0.05, 0.1) is 23.4 Å². The minimum absolute atomic E-state index is 0.108. The van der Waals surface area contributed by atoms with Crippen molar-refractivity contribution in [3.05, 3.63) is 40.7 Å². The zero-order valence-corrected chi connectivity index (χ0v) is 12.5. The Balaban J connectivity index is 1.94. The number of nitrogens with two attached hydrogens (primary N) is 1. The van der Waals surface area contributed by atoms with Crippen LogP contribution in [0, 0.1) is 0 Å². The van der Waals surface area contributed by atoms with E-state index in [2.05, 4.69) is 34.8 Å². The minimum atomic E-state index is 0.108. The fraction of sp³-hybridized carbons (Fsp3) is 0.400. The molecule has 0 radical (unpaired) electrons. The molecule has 1 atom stereocenters. The third kappa shape index (κ3) is 4.38. The molecule has 2 aromatic rings. The molecule has 0 aliphatic carbocycles. The molecule has 2 rings (SSSR count). The zero-order valence-electron chi connectivity index (χ0n) is 11.7. The largest absolute Gasteiger partial charge is 0.380 e. The van der Waals surface area contributed by atoms with Gasteiger partial charge in [-0.1, -0.05) is 37.3 Å². The topological polar surface area (TPSA) is 60.2 Å². The van der Waals surface area contributed by atoms with Gasteiger partial charge in [0.15, 0.2) is 0 Å². The maximum absolute atomic E-state index is 5.57. The normalized spacial score (nSPS) is 12.5. The number of nitrogens with one attached hydrogen (secondary N) is 1. The molecular weight excluding hydrogens is 270 g/mol. The van der Waals surface area contributed by atoms with Crippen molar-refractivity contribution in [1.29, 1.82) is 0 Å². The van der Waals surface area contributed by atoms with Gasteiger partial charge < -0.3 is 4.74 Å². The quantitative estimate of drug-likeness (QED) is 0.446. The van der Waals surface area contributed by atoms with Crippen LogP contribution in [0.5, 0.6) is 0 Å². The van der Waals surface area contributed by atoms with Gasteiger partial charge in [0.2, 0.25) is 0 Å². The molecule has 0 saturated heterocycles. The lowest BCUT2D eigenvalue weighted by molar-refractivity contribution is 0.112. The minimum Gasteiger partial charge on any atom is -0.380 e. The van der Waals surface area contributed by atoms with Crippen LogP contribution in [-0.2, 0) is 11.2 Å². The lowest BCUT2D eigenvalue weighted by Gasteiger charge is -2.14. The lowest BCUT2D eigenvalue weighted by atomic mass is 10.2. The number of rotatable bonds is 8. The molecule has 0 bridgehead atoms. The van der Waals surface area contributed by atoms with Gasteiger partial charge in [-0.25, -0.2) is 4.98 Å². The number of thiazole rings is 1. The molecule has 1 aromatic heterocycles. The van der Waals surface area contributed by atoms with Crippen LogP contribution in [0.3, 0.4) is 0 Å². The molecule has 1 heterocycles. The summed E-state index contributed by atoms with van der Waals surface area (Å²) in [6.45, 7) is 3.48. The Morgan fingerprint density at radius 2 is 2.15 bits per heavy atom. The molecule has 0 amide bonds. The predicted octanol–water partition coefficient (Wildman–Crippen LogP) is 2.61. The van der Waals surface area contributed by atoms with E-state index in [-0.39, 0.29) is 6.04 Å². The Labute approximate surface area is 124 Å². The first-order valence-corrected chi connectivity index (χ1v) is 7.75. The van der Waals surface area contributed by atoms with Crippen molar-refractivity contribution in [3.8, 4) is 11.3 Å². The SMILES string of the molecule is CCCOCC(Cc1nc(-c2ccccc2)cs1)NN. The van der Waals surface area contributed by atoms with Crippen LogP contribution >= 0.6 is 11.3 Å². The molecule has 0 fully saturated rings. The van der Waals surface area contributed by atoms with E-state index < -0.39 is 0 Å². The molecule has 108 valence electrons. The van der Waals surface area contributed by atoms with Gasteiger partial charge in [0.1, 0.15) is 0 Å². The molecule has 0 spiro atoms. The predicted molar refractivity (Wildman–Crippen MR) is 83.5 cm³/mol. The highest BCUT2D eigenvalue weighted by Crippen LogP contribution is 2.22. The lowest BCUT2D eigenvalue weighted by Crippen LogP contribution is -2.40.